The molecule has 0 atom stereocenters. The monoisotopic (exact) mass is 404 g/mol. The number of rotatable bonds is 2. The van der Waals surface area contributed by atoms with Gasteiger partial charge in [0.1, 0.15) is 9.99 Å². The first-order valence-electron chi connectivity index (χ1n) is 6.73. The number of aryl methyl sites for hydroxylation is 2. The first-order valence-corrected chi connectivity index (χ1v) is 7.80. The Hall–Kier alpha value is -2.02. The molecule has 110 valence electrons. The molecule has 1 aromatic carbocycles. The van der Waals surface area contributed by atoms with E-state index in [9.17, 15) is 9.59 Å². The summed E-state index contributed by atoms with van der Waals surface area (Å²) in [5.41, 5.74) is 3.65. The fourth-order valence-electron chi connectivity index (χ4n) is 2.54. The highest BCUT2D eigenvalue weighted by molar-refractivity contribution is 14.1. The van der Waals surface area contributed by atoms with Crippen molar-refractivity contribution in [2.45, 2.75) is 6.92 Å². The minimum atomic E-state index is -0.0827. The lowest BCUT2D eigenvalue weighted by atomic mass is 9.98. The first kappa shape index (κ1) is 14.9. The highest BCUT2D eigenvalue weighted by Gasteiger charge is 2.12. The normalized spacial score (nSPS) is 10.9. The Morgan fingerprint density at radius 1 is 1.18 bits per heavy atom. The second-order valence-corrected chi connectivity index (χ2v) is 6.29. The van der Waals surface area contributed by atoms with E-state index in [-0.39, 0.29) is 5.56 Å². The van der Waals surface area contributed by atoms with E-state index in [2.05, 4.69) is 27.6 Å². The fraction of sp³-hybridized carbons (Fsp3) is 0.118. The molecule has 0 bridgehead atoms. The molecule has 0 fully saturated rings. The molecule has 0 radical (unpaired) electrons. The topological polar surface area (TPSA) is 52.0 Å². The summed E-state index contributed by atoms with van der Waals surface area (Å²) in [4.78, 5) is 28.0. The molecular formula is C17H13IN2O2. The molecule has 0 unspecified atom stereocenters. The Kier molecular flexibility index (Phi) is 3.82. The second-order valence-electron chi connectivity index (χ2n) is 5.18. The van der Waals surface area contributed by atoms with Gasteiger partial charge < -0.3 is 4.57 Å². The predicted molar refractivity (Wildman–Crippen MR) is 95.3 cm³/mol. The molecule has 5 heteroatoms. The molecule has 0 saturated heterocycles. The molecule has 0 spiro atoms. The highest BCUT2D eigenvalue weighted by Crippen LogP contribution is 2.24. The van der Waals surface area contributed by atoms with Gasteiger partial charge in [0.2, 0.25) is 0 Å². The second kappa shape index (κ2) is 5.64. The van der Waals surface area contributed by atoms with Crippen molar-refractivity contribution >= 4 is 39.8 Å². The zero-order valence-electron chi connectivity index (χ0n) is 12.1. The molecule has 4 nitrogen and oxygen atoms in total. The number of nitrogens with zero attached hydrogens (tertiary/aromatic N) is 2. The summed E-state index contributed by atoms with van der Waals surface area (Å²) in [6.45, 7) is 1.93. The van der Waals surface area contributed by atoms with Crippen molar-refractivity contribution in [3.05, 3.63) is 61.7 Å². The Labute approximate surface area is 140 Å². The number of hydrogen-bond acceptors (Lipinski definition) is 3. The summed E-state index contributed by atoms with van der Waals surface area (Å²) in [5, 5.41) is 0.897. The quantitative estimate of drug-likeness (QED) is 0.374. The molecule has 0 N–H and O–H groups in total. The zero-order valence-corrected chi connectivity index (χ0v) is 14.3. The van der Waals surface area contributed by atoms with Gasteiger partial charge in [0.15, 0.2) is 0 Å². The highest BCUT2D eigenvalue weighted by atomic mass is 127. The molecule has 0 amide bonds. The molecule has 0 aliphatic rings. The number of carbonyl (C=O) groups excluding carboxylic acids is 1. The summed E-state index contributed by atoms with van der Waals surface area (Å²) in [5.74, 6) is 0. The van der Waals surface area contributed by atoms with Crippen molar-refractivity contribution in [1.82, 2.24) is 9.55 Å². The molecule has 3 rings (SSSR count). The van der Waals surface area contributed by atoms with Crippen LogP contribution in [0, 0.1) is 10.6 Å². The van der Waals surface area contributed by atoms with Crippen LogP contribution in [0.1, 0.15) is 15.9 Å². The Balaban J connectivity index is 2.37. The van der Waals surface area contributed by atoms with E-state index in [1.54, 1.807) is 29.9 Å². The Morgan fingerprint density at radius 3 is 2.68 bits per heavy atom. The predicted octanol–water partition coefficient (Wildman–Crippen LogP) is 3.33. The van der Waals surface area contributed by atoms with Crippen molar-refractivity contribution in [3.63, 3.8) is 0 Å². The molecule has 2 aromatic heterocycles. The number of pyridine rings is 2. The minimum absolute atomic E-state index is 0.0827. The van der Waals surface area contributed by atoms with Crippen molar-refractivity contribution in [3.8, 4) is 11.1 Å². The lowest BCUT2D eigenvalue weighted by molar-refractivity contribution is 0.112. The van der Waals surface area contributed by atoms with E-state index in [0.717, 1.165) is 32.0 Å². The van der Waals surface area contributed by atoms with Crippen LogP contribution in [0.5, 0.6) is 0 Å². The van der Waals surface area contributed by atoms with Gasteiger partial charge in [-0.05, 0) is 58.8 Å². The van der Waals surface area contributed by atoms with Gasteiger partial charge in [0, 0.05) is 29.8 Å². The van der Waals surface area contributed by atoms with Gasteiger partial charge in [0.25, 0.3) is 5.56 Å². The number of halogens is 1. The summed E-state index contributed by atoms with van der Waals surface area (Å²) < 4.78 is 2.47. The molecule has 22 heavy (non-hydrogen) atoms. The maximum absolute atomic E-state index is 12.7. The number of hydrogen-bond donors (Lipinski definition) is 0. The van der Waals surface area contributed by atoms with E-state index in [0.29, 0.717) is 11.1 Å². The molecule has 0 aliphatic heterocycles. The molecular weight excluding hydrogens is 391 g/mol. The van der Waals surface area contributed by atoms with Crippen LogP contribution in [0.3, 0.4) is 0 Å². The first-order chi connectivity index (χ1) is 10.5. The van der Waals surface area contributed by atoms with Crippen LogP contribution in [0.2, 0.25) is 0 Å². The van der Waals surface area contributed by atoms with Crippen LogP contribution in [0.15, 0.2) is 41.3 Å². The van der Waals surface area contributed by atoms with Gasteiger partial charge in [-0.1, -0.05) is 12.1 Å². The van der Waals surface area contributed by atoms with Gasteiger partial charge in [-0.2, -0.15) is 0 Å². The molecule has 3 aromatic rings. The van der Waals surface area contributed by atoms with E-state index >= 15 is 0 Å². The van der Waals surface area contributed by atoms with Crippen LogP contribution in [-0.2, 0) is 7.05 Å². The van der Waals surface area contributed by atoms with Gasteiger partial charge >= 0.3 is 0 Å². The number of carbonyl (C=O) groups is 1. The van der Waals surface area contributed by atoms with Crippen molar-refractivity contribution < 1.29 is 4.79 Å². The van der Waals surface area contributed by atoms with E-state index < -0.39 is 0 Å². The van der Waals surface area contributed by atoms with Crippen LogP contribution < -0.4 is 5.56 Å². The SMILES string of the molecule is Cc1ccc(C=O)cc1-c1cc2cnc(I)cc2n(C)c1=O. The van der Waals surface area contributed by atoms with Crippen LogP contribution >= 0.6 is 22.6 Å². The molecule has 2 heterocycles. The minimum Gasteiger partial charge on any atom is -0.311 e. The maximum atomic E-state index is 12.7. The smallest absolute Gasteiger partial charge is 0.258 e. The summed E-state index contributed by atoms with van der Waals surface area (Å²) in [7, 11) is 1.75. The fourth-order valence-corrected chi connectivity index (χ4v) is 2.97. The van der Waals surface area contributed by atoms with Crippen molar-refractivity contribution in [1.29, 1.82) is 0 Å². The van der Waals surface area contributed by atoms with Crippen LogP contribution in [-0.4, -0.2) is 15.8 Å². The van der Waals surface area contributed by atoms with Gasteiger partial charge in [-0.25, -0.2) is 4.98 Å². The van der Waals surface area contributed by atoms with E-state index in [1.807, 2.05) is 25.1 Å². The van der Waals surface area contributed by atoms with Gasteiger partial charge in [-0.15, -0.1) is 0 Å². The summed E-state index contributed by atoms with van der Waals surface area (Å²) in [6.07, 6.45) is 2.55. The third-order valence-electron chi connectivity index (χ3n) is 3.76. The molecule has 0 saturated carbocycles. The standard InChI is InChI=1S/C17H13IN2O2/c1-10-3-4-11(9-21)5-13(10)14-6-12-8-19-16(18)7-15(12)20(2)17(14)22/h3-9H,1-2H3. The Bertz CT molecular complexity index is 961. The average molecular weight is 404 g/mol. The lowest BCUT2D eigenvalue weighted by Crippen LogP contribution is -2.19. The largest absolute Gasteiger partial charge is 0.311 e. The molecule has 0 aliphatic carbocycles. The number of aromatic nitrogens is 2. The van der Waals surface area contributed by atoms with Crippen molar-refractivity contribution in [2.75, 3.05) is 0 Å². The third kappa shape index (κ3) is 2.45. The van der Waals surface area contributed by atoms with E-state index in [4.69, 9.17) is 0 Å². The maximum Gasteiger partial charge on any atom is 0.258 e. The Morgan fingerprint density at radius 2 is 1.95 bits per heavy atom. The van der Waals surface area contributed by atoms with Crippen LogP contribution in [0.4, 0.5) is 0 Å². The van der Waals surface area contributed by atoms with Gasteiger partial charge in [-0.3, -0.25) is 9.59 Å². The van der Waals surface area contributed by atoms with Crippen LogP contribution in [0.25, 0.3) is 22.0 Å². The van der Waals surface area contributed by atoms with E-state index in [1.165, 1.54) is 0 Å². The average Bonchev–Trinajstić information content (AvgIpc) is 2.52. The number of fused-ring (bicyclic) bond motifs is 1. The van der Waals surface area contributed by atoms with Gasteiger partial charge in [0.05, 0.1) is 5.52 Å². The summed E-state index contributed by atoms with van der Waals surface area (Å²) >= 11 is 2.13. The zero-order chi connectivity index (χ0) is 15.9. The number of aldehydes is 1. The third-order valence-corrected chi connectivity index (χ3v) is 4.35. The number of benzene rings is 1. The van der Waals surface area contributed by atoms with Crippen molar-refractivity contribution in [2.24, 2.45) is 7.05 Å². The lowest BCUT2D eigenvalue weighted by Gasteiger charge is -2.11. The summed E-state index contributed by atoms with van der Waals surface area (Å²) in [6, 6.07) is 9.09.